The van der Waals surface area contributed by atoms with E-state index in [1.807, 2.05) is 28.5 Å². The molecule has 0 saturated carbocycles. The lowest BCUT2D eigenvalue weighted by Crippen LogP contribution is -2.46. The molecule has 1 fully saturated rings. The van der Waals surface area contributed by atoms with Gasteiger partial charge >= 0.3 is 0 Å². The molecule has 1 saturated heterocycles. The summed E-state index contributed by atoms with van der Waals surface area (Å²) in [6.07, 6.45) is 2.96. The smallest absolute Gasteiger partial charge is 0.273 e. The van der Waals surface area contributed by atoms with E-state index in [2.05, 4.69) is 17.2 Å². The van der Waals surface area contributed by atoms with E-state index in [1.165, 1.54) is 11.3 Å². The molecule has 6 nitrogen and oxygen atoms in total. The Balaban J connectivity index is 1.55. The lowest BCUT2D eigenvalue weighted by molar-refractivity contribution is 0.0637. The van der Waals surface area contributed by atoms with Gasteiger partial charge in [0.25, 0.3) is 5.91 Å². The molecule has 0 unspecified atom stereocenters. The molecule has 2 aliphatic rings. The van der Waals surface area contributed by atoms with Gasteiger partial charge in [-0.3, -0.25) is 4.79 Å². The van der Waals surface area contributed by atoms with Crippen LogP contribution in [0.25, 0.3) is 10.6 Å². The van der Waals surface area contributed by atoms with Gasteiger partial charge in [-0.2, -0.15) is 0 Å². The number of amides is 1. The molecule has 1 aromatic carbocycles. The normalized spacial score (nSPS) is 16.7. The van der Waals surface area contributed by atoms with Crippen molar-refractivity contribution in [2.24, 2.45) is 0 Å². The van der Waals surface area contributed by atoms with E-state index < -0.39 is 0 Å². The Hall–Kier alpha value is -2.12. The molecule has 7 heteroatoms. The second kappa shape index (κ2) is 7.63. The van der Waals surface area contributed by atoms with Crippen LogP contribution in [0.1, 0.15) is 36.7 Å². The summed E-state index contributed by atoms with van der Waals surface area (Å²) in [6.45, 7) is 5.08. The first-order chi connectivity index (χ1) is 12.8. The molecule has 138 valence electrons. The molecule has 1 amide bonds. The number of nitrogens with one attached hydrogen (secondary N) is 1. The van der Waals surface area contributed by atoms with Crippen molar-refractivity contribution >= 4 is 17.2 Å². The Bertz CT molecular complexity index is 786. The van der Waals surface area contributed by atoms with Crippen molar-refractivity contribution in [2.45, 2.75) is 32.2 Å². The predicted molar refractivity (Wildman–Crippen MR) is 101 cm³/mol. The van der Waals surface area contributed by atoms with E-state index >= 15 is 0 Å². The number of ether oxygens (including phenoxy) is 2. The highest BCUT2D eigenvalue weighted by atomic mass is 32.1. The van der Waals surface area contributed by atoms with E-state index in [1.54, 1.807) is 0 Å². The molecule has 1 aromatic heterocycles. The zero-order chi connectivity index (χ0) is 17.9. The van der Waals surface area contributed by atoms with Crippen LogP contribution in [0.4, 0.5) is 0 Å². The van der Waals surface area contributed by atoms with Crippen molar-refractivity contribution in [3.63, 3.8) is 0 Å². The Labute approximate surface area is 157 Å². The standard InChI is InChI=1S/C19H23N3O3S/c1-2-9-22(14-5-7-20-8-6-14)19(23)15-11-26-18(21-15)13-3-4-16-17(10-13)25-12-24-16/h3-4,10-11,14,20H,2,5-9,12H2,1H3. The van der Waals surface area contributed by atoms with Crippen molar-refractivity contribution in [1.29, 1.82) is 0 Å². The molecule has 2 aromatic rings. The van der Waals surface area contributed by atoms with Gasteiger partial charge in [0.1, 0.15) is 10.7 Å². The van der Waals surface area contributed by atoms with Crippen molar-refractivity contribution in [3.8, 4) is 22.1 Å². The van der Waals surface area contributed by atoms with Crippen LogP contribution in [-0.4, -0.2) is 48.3 Å². The first-order valence-corrected chi connectivity index (χ1v) is 10.0. The van der Waals surface area contributed by atoms with E-state index in [0.717, 1.165) is 61.0 Å². The molecular weight excluding hydrogens is 350 g/mol. The van der Waals surface area contributed by atoms with Gasteiger partial charge in [0.2, 0.25) is 6.79 Å². The summed E-state index contributed by atoms with van der Waals surface area (Å²) >= 11 is 1.49. The SMILES string of the molecule is CCCN(C(=O)c1csc(-c2ccc3c(c2)OCO3)n1)C1CCNCC1. The van der Waals surface area contributed by atoms with Gasteiger partial charge in [0.05, 0.1) is 0 Å². The summed E-state index contributed by atoms with van der Waals surface area (Å²) in [6, 6.07) is 6.07. The highest BCUT2D eigenvalue weighted by molar-refractivity contribution is 7.13. The number of rotatable bonds is 5. The number of aromatic nitrogens is 1. The van der Waals surface area contributed by atoms with Gasteiger partial charge in [-0.05, 0) is 50.6 Å². The van der Waals surface area contributed by atoms with Crippen LogP contribution in [0, 0.1) is 0 Å². The van der Waals surface area contributed by atoms with Crippen LogP contribution in [0.5, 0.6) is 11.5 Å². The molecule has 0 spiro atoms. The molecule has 0 atom stereocenters. The Morgan fingerprint density at radius 1 is 1.31 bits per heavy atom. The van der Waals surface area contributed by atoms with Crippen molar-refractivity contribution in [2.75, 3.05) is 26.4 Å². The number of carbonyl (C=O) groups excluding carboxylic acids is 1. The molecule has 3 heterocycles. The summed E-state index contributed by atoms with van der Waals surface area (Å²) in [5.74, 6) is 1.52. The van der Waals surface area contributed by atoms with Crippen molar-refractivity contribution in [1.82, 2.24) is 15.2 Å². The Kier molecular flexibility index (Phi) is 5.08. The molecule has 4 rings (SSSR count). The van der Waals surface area contributed by atoms with Crippen LogP contribution < -0.4 is 14.8 Å². The minimum absolute atomic E-state index is 0.0435. The quantitative estimate of drug-likeness (QED) is 0.872. The first kappa shape index (κ1) is 17.3. The maximum Gasteiger partial charge on any atom is 0.273 e. The number of carbonyl (C=O) groups is 1. The lowest BCUT2D eigenvalue weighted by atomic mass is 10.0. The first-order valence-electron chi connectivity index (χ1n) is 9.13. The third kappa shape index (κ3) is 3.41. The fourth-order valence-corrected chi connectivity index (χ4v) is 4.28. The predicted octanol–water partition coefficient (Wildman–Crippen LogP) is 3.14. The van der Waals surface area contributed by atoms with Gasteiger partial charge in [0.15, 0.2) is 11.5 Å². The third-order valence-electron chi connectivity index (χ3n) is 4.82. The molecule has 0 aliphatic carbocycles. The lowest BCUT2D eigenvalue weighted by Gasteiger charge is -2.34. The van der Waals surface area contributed by atoms with Gasteiger partial charge in [-0.1, -0.05) is 6.92 Å². The highest BCUT2D eigenvalue weighted by Gasteiger charge is 2.27. The van der Waals surface area contributed by atoms with E-state index in [9.17, 15) is 4.79 Å². The van der Waals surface area contributed by atoms with Crippen LogP contribution >= 0.6 is 11.3 Å². The molecule has 0 bridgehead atoms. The summed E-state index contributed by atoms with van der Waals surface area (Å²) in [7, 11) is 0. The molecule has 1 N–H and O–H groups in total. The average Bonchev–Trinajstić information content (AvgIpc) is 3.35. The van der Waals surface area contributed by atoms with Crippen LogP contribution in [0.15, 0.2) is 23.6 Å². The summed E-state index contributed by atoms with van der Waals surface area (Å²) in [5.41, 5.74) is 1.48. The average molecular weight is 373 g/mol. The van der Waals surface area contributed by atoms with Crippen molar-refractivity contribution < 1.29 is 14.3 Å². The second-order valence-corrected chi connectivity index (χ2v) is 7.44. The summed E-state index contributed by atoms with van der Waals surface area (Å²) in [4.78, 5) is 19.7. The Morgan fingerprint density at radius 2 is 2.12 bits per heavy atom. The van der Waals surface area contributed by atoms with Crippen molar-refractivity contribution in [3.05, 3.63) is 29.3 Å². The number of hydrogen-bond acceptors (Lipinski definition) is 6. The zero-order valence-corrected chi connectivity index (χ0v) is 15.7. The number of thiazole rings is 1. The number of hydrogen-bond donors (Lipinski definition) is 1. The number of piperidine rings is 1. The zero-order valence-electron chi connectivity index (χ0n) is 14.9. The minimum atomic E-state index is 0.0435. The fourth-order valence-electron chi connectivity index (χ4n) is 3.49. The topological polar surface area (TPSA) is 63.7 Å². The number of nitrogens with zero attached hydrogens (tertiary/aromatic N) is 2. The molecule has 0 radical (unpaired) electrons. The maximum absolute atomic E-state index is 13.1. The van der Waals surface area contributed by atoms with E-state index in [0.29, 0.717) is 11.7 Å². The number of fused-ring (bicyclic) bond motifs is 1. The van der Waals surface area contributed by atoms with Gasteiger partial charge in [0, 0.05) is 23.5 Å². The van der Waals surface area contributed by atoms with Crippen LogP contribution in [0.2, 0.25) is 0 Å². The third-order valence-corrected chi connectivity index (χ3v) is 5.71. The van der Waals surface area contributed by atoms with Crippen LogP contribution in [-0.2, 0) is 0 Å². The minimum Gasteiger partial charge on any atom is -0.454 e. The molecule has 26 heavy (non-hydrogen) atoms. The second-order valence-electron chi connectivity index (χ2n) is 6.59. The van der Waals surface area contributed by atoms with Gasteiger partial charge in [-0.25, -0.2) is 4.98 Å². The molecular formula is C19H23N3O3S. The van der Waals surface area contributed by atoms with Gasteiger partial charge in [-0.15, -0.1) is 11.3 Å². The summed E-state index contributed by atoms with van der Waals surface area (Å²) in [5, 5.41) is 6.06. The fraction of sp³-hybridized carbons (Fsp3) is 0.474. The summed E-state index contributed by atoms with van der Waals surface area (Å²) < 4.78 is 10.8. The highest BCUT2D eigenvalue weighted by Crippen LogP contribution is 2.36. The molecule has 2 aliphatic heterocycles. The van der Waals surface area contributed by atoms with Gasteiger partial charge < -0.3 is 19.7 Å². The van der Waals surface area contributed by atoms with Crippen LogP contribution in [0.3, 0.4) is 0 Å². The Morgan fingerprint density at radius 3 is 2.92 bits per heavy atom. The largest absolute Gasteiger partial charge is 0.454 e. The van der Waals surface area contributed by atoms with E-state index in [4.69, 9.17) is 9.47 Å². The monoisotopic (exact) mass is 373 g/mol. The maximum atomic E-state index is 13.1. The number of benzene rings is 1. The van der Waals surface area contributed by atoms with E-state index in [-0.39, 0.29) is 12.7 Å².